The third kappa shape index (κ3) is 2.72. The highest BCUT2D eigenvalue weighted by Crippen LogP contribution is 2.30. The molecule has 1 N–H and O–H groups in total. The van der Waals surface area contributed by atoms with Gasteiger partial charge in [-0.3, -0.25) is 9.78 Å². The summed E-state index contributed by atoms with van der Waals surface area (Å²) in [7, 11) is 0. The maximum absolute atomic E-state index is 12.3. The molecule has 1 aromatic heterocycles. The van der Waals surface area contributed by atoms with Crippen molar-refractivity contribution >= 4 is 5.78 Å². The van der Waals surface area contributed by atoms with Crippen molar-refractivity contribution in [2.45, 2.75) is 51.0 Å². The molecular weight excluding hydrogens is 214 g/mol. The molecule has 1 saturated carbocycles. The Morgan fingerprint density at radius 2 is 1.88 bits per heavy atom. The number of aryl methyl sites for hydroxylation is 1. The molecule has 0 amide bonds. The smallest absolute Gasteiger partial charge is 0.195 e. The number of carbonyl (C=O) groups is 1. The molecule has 17 heavy (non-hydrogen) atoms. The van der Waals surface area contributed by atoms with Crippen molar-refractivity contribution in [3.63, 3.8) is 0 Å². The van der Waals surface area contributed by atoms with Gasteiger partial charge in [0.05, 0.1) is 0 Å². The molecule has 2 rings (SSSR count). The molecule has 1 aromatic rings. The van der Waals surface area contributed by atoms with Gasteiger partial charge in [0.25, 0.3) is 0 Å². The van der Waals surface area contributed by atoms with Crippen molar-refractivity contribution < 1.29 is 9.90 Å². The number of aromatic nitrogens is 1. The zero-order valence-electron chi connectivity index (χ0n) is 10.3. The molecule has 3 nitrogen and oxygen atoms in total. The van der Waals surface area contributed by atoms with Gasteiger partial charge in [-0.05, 0) is 31.4 Å². The Morgan fingerprint density at radius 3 is 2.47 bits per heavy atom. The van der Waals surface area contributed by atoms with Crippen LogP contribution >= 0.6 is 0 Å². The van der Waals surface area contributed by atoms with Crippen LogP contribution in [0.5, 0.6) is 0 Å². The SMILES string of the molecule is Cc1cncc(C(=O)C2(O)CCCCCC2)c1. The van der Waals surface area contributed by atoms with Crippen molar-refractivity contribution in [3.05, 3.63) is 29.6 Å². The molecule has 1 heterocycles. The summed E-state index contributed by atoms with van der Waals surface area (Å²) in [5.74, 6) is -0.157. The Bertz CT molecular complexity index is 406. The van der Waals surface area contributed by atoms with Crippen LogP contribution in [0.2, 0.25) is 0 Å². The zero-order chi connectivity index (χ0) is 12.3. The van der Waals surface area contributed by atoms with Crippen LogP contribution in [0.1, 0.15) is 54.4 Å². The third-order valence-corrected chi connectivity index (χ3v) is 3.49. The average molecular weight is 233 g/mol. The summed E-state index contributed by atoms with van der Waals surface area (Å²) in [5.41, 5.74) is 0.328. The Morgan fingerprint density at radius 1 is 1.24 bits per heavy atom. The lowest BCUT2D eigenvalue weighted by molar-refractivity contribution is 0.0237. The summed E-state index contributed by atoms with van der Waals surface area (Å²) in [6.45, 7) is 1.90. The largest absolute Gasteiger partial charge is 0.382 e. The highest BCUT2D eigenvalue weighted by Gasteiger charge is 2.36. The number of rotatable bonds is 2. The molecule has 92 valence electrons. The summed E-state index contributed by atoms with van der Waals surface area (Å²) in [4.78, 5) is 16.4. The maximum Gasteiger partial charge on any atom is 0.195 e. The van der Waals surface area contributed by atoms with Crippen LogP contribution in [-0.4, -0.2) is 21.5 Å². The summed E-state index contributed by atoms with van der Waals surface area (Å²) >= 11 is 0. The normalized spacial score (nSPS) is 19.6. The van der Waals surface area contributed by atoms with E-state index in [1.54, 1.807) is 18.5 Å². The van der Waals surface area contributed by atoms with Gasteiger partial charge in [-0.15, -0.1) is 0 Å². The van der Waals surface area contributed by atoms with E-state index < -0.39 is 5.60 Å². The Balaban J connectivity index is 2.23. The number of nitrogens with zero attached hydrogens (tertiary/aromatic N) is 1. The second-order valence-corrected chi connectivity index (χ2v) is 5.03. The summed E-state index contributed by atoms with van der Waals surface area (Å²) in [6, 6.07) is 1.80. The van der Waals surface area contributed by atoms with E-state index in [0.717, 1.165) is 31.2 Å². The molecule has 0 aliphatic heterocycles. The molecule has 0 radical (unpaired) electrons. The second kappa shape index (κ2) is 4.96. The van der Waals surface area contributed by atoms with E-state index in [1.807, 2.05) is 6.92 Å². The van der Waals surface area contributed by atoms with Gasteiger partial charge in [0, 0.05) is 18.0 Å². The minimum Gasteiger partial charge on any atom is -0.382 e. The minimum atomic E-state index is -1.16. The van der Waals surface area contributed by atoms with Crippen molar-refractivity contribution in [1.29, 1.82) is 0 Å². The highest BCUT2D eigenvalue weighted by atomic mass is 16.3. The summed E-state index contributed by atoms with van der Waals surface area (Å²) < 4.78 is 0. The lowest BCUT2D eigenvalue weighted by Crippen LogP contribution is -2.38. The standard InChI is InChI=1S/C14H19NO2/c1-11-8-12(10-15-9-11)13(16)14(17)6-4-2-3-5-7-14/h8-10,17H,2-7H2,1H3. The zero-order valence-corrected chi connectivity index (χ0v) is 10.3. The summed E-state index contributed by atoms with van der Waals surface area (Å²) in [6.07, 6.45) is 8.53. The molecule has 1 aliphatic rings. The van der Waals surface area contributed by atoms with Gasteiger partial charge in [0.1, 0.15) is 5.60 Å². The van der Waals surface area contributed by atoms with Gasteiger partial charge < -0.3 is 5.11 Å². The lowest BCUT2D eigenvalue weighted by Gasteiger charge is -2.24. The van der Waals surface area contributed by atoms with Crippen molar-refractivity contribution in [1.82, 2.24) is 4.98 Å². The Hall–Kier alpha value is -1.22. The summed E-state index contributed by atoms with van der Waals surface area (Å²) in [5, 5.41) is 10.5. The van der Waals surface area contributed by atoms with Gasteiger partial charge in [-0.1, -0.05) is 25.7 Å². The lowest BCUT2D eigenvalue weighted by atomic mass is 9.86. The first-order chi connectivity index (χ1) is 8.12. The predicted molar refractivity (Wildman–Crippen MR) is 66.0 cm³/mol. The molecule has 0 saturated heterocycles. The maximum atomic E-state index is 12.3. The molecule has 1 aliphatic carbocycles. The Labute approximate surface area is 102 Å². The number of pyridine rings is 1. The molecule has 0 spiro atoms. The first-order valence-electron chi connectivity index (χ1n) is 6.31. The van der Waals surface area contributed by atoms with Crippen LogP contribution in [0.3, 0.4) is 0 Å². The van der Waals surface area contributed by atoms with Gasteiger partial charge in [0.2, 0.25) is 0 Å². The van der Waals surface area contributed by atoms with Gasteiger partial charge in [-0.2, -0.15) is 0 Å². The quantitative estimate of drug-likeness (QED) is 0.631. The van der Waals surface area contributed by atoms with E-state index in [4.69, 9.17) is 0 Å². The van der Waals surface area contributed by atoms with Crippen LogP contribution in [0.25, 0.3) is 0 Å². The molecule has 0 bridgehead atoms. The predicted octanol–water partition coefficient (Wildman–Crippen LogP) is 2.66. The first-order valence-corrected chi connectivity index (χ1v) is 6.31. The van der Waals surface area contributed by atoms with Crippen molar-refractivity contribution in [2.75, 3.05) is 0 Å². The molecule has 0 unspecified atom stereocenters. The number of hydrogen-bond acceptors (Lipinski definition) is 3. The molecule has 3 heteroatoms. The van der Waals surface area contributed by atoms with Crippen LogP contribution in [-0.2, 0) is 0 Å². The number of hydrogen-bond donors (Lipinski definition) is 1. The Kier molecular flexibility index (Phi) is 3.57. The molecule has 0 aromatic carbocycles. The van der Waals surface area contributed by atoms with E-state index in [-0.39, 0.29) is 5.78 Å². The van der Waals surface area contributed by atoms with Crippen LogP contribution in [0.4, 0.5) is 0 Å². The van der Waals surface area contributed by atoms with E-state index in [2.05, 4.69) is 4.98 Å². The van der Waals surface area contributed by atoms with Crippen molar-refractivity contribution in [3.8, 4) is 0 Å². The topological polar surface area (TPSA) is 50.2 Å². The van der Waals surface area contributed by atoms with E-state index in [1.165, 1.54) is 0 Å². The first kappa shape index (κ1) is 12.2. The fraction of sp³-hybridized carbons (Fsp3) is 0.571. The minimum absolute atomic E-state index is 0.157. The number of aliphatic hydroxyl groups is 1. The average Bonchev–Trinajstić information content (AvgIpc) is 2.54. The van der Waals surface area contributed by atoms with E-state index in [9.17, 15) is 9.90 Å². The molecular formula is C14H19NO2. The molecule has 1 fully saturated rings. The van der Waals surface area contributed by atoms with E-state index in [0.29, 0.717) is 18.4 Å². The fourth-order valence-corrected chi connectivity index (χ4v) is 2.49. The number of carbonyl (C=O) groups excluding carboxylic acids is 1. The van der Waals surface area contributed by atoms with Gasteiger partial charge in [-0.25, -0.2) is 0 Å². The monoisotopic (exact) mass is 233 g/mol. The van der Waals surface area contributed by atoms with E-state index >= 15 is 0 Å². The van der Waals surface area contributed by atoms with Crippen LogP contribution in [0, 0.1) is 6.92 Å². The fourth-order valence-electron chi connectivity index (χ4n) is 2.49. The van der Waals surface area contributed by atoms with Crippen LogP contribution in [0.15, 0.2) is 18.5 Å². The van der Waals surface area contributed by atoms with Gasteiger partial charge in [0.15, 0.2) is 5.78 Å². The highest BCUT2D eigenvalue weighted by molar-refractivity contribution is 6.02. The second-order valence-electron chi connectivity index (χ2n) is 5.03. The third-order valence-electron chi connectivity index (χ3n) is 3.49. The van der Waals surface area contributed by atoms with Gasteiger partial charge >= 0.3 is 0 Å². The van der Waals surface area contributed by atoms with Crippen LogP contribution < -0.4 is 0 Å². The molecule has 0 atom stereocenters. The number of ketones is 1. The van der Waals surface area contributed by atoms with Crippen molar-refractivity contribution in [2.24, 2.45) is 0 Å². The number of Topliss-reactive ketones (excluding diaryl/α,β-unsaturated/α-hetero) is 1.